The first-order valence-electron chi connectivity index (χ1n) is 10.8. The molecule has 1 aromatic carbocycles. The summed E-state index contributed by atoms with van der Waals surface area (Å²) in [4.78, 5) is 29.2. The van der Waals surface area contributed by atoms with Gasteiger partial charge in [0.1, 0.15) is 17.6 Å². The summed E-state index contributed by atoms with van der Waals surface area (Å²) in [6, 6.07) is 15.5. The van der Waals surface area contributed by atoms with Crippen LogP contribution in [0.2, 0.25) is 0 Å². The van der Waals surface area contributed by atoms with Crippen LogP contribution in [0.4, 0.5) is 10.9 Å². The highest BCUT2D eigenvalue weighted by molar-refractivity contribution is 7.13. The Balaban J connectivity index is 1.36. The number of nitriles is 1. The lowest BCUT2D eigenvalue weighted by molar-refractivity contribution is -0.119. The molecule has 0 radical (unpaired) electrons. The lowest BCUT2D eigenvalue weighted by Crippen LogP contribution is -2.23. The van der Waals surface area contributed by atoms with Gasteiger partial charge in [0.15, 0.2) is 17.4 Å². The third-order valence-electron chi connectivity index (χ3n) is 5.43. The van der Waals surface area contributed by atoms with Crippen LogP contribution in [0.1, 0.15) is 38.6 Å². The van der Waals surface area contributed by atoms with E-state index >= 15 is 0 Å². The van der Waals surface area contributed by atoms with Crippen LogP contribution in [0.15, 0.2) is 58.5 Å². The monoisotopic (exact) mass is 489 g/mol. The largest absolute Gasteiger partial charge is 0.467 e. The molecular weight excluding hydrogens is 466 g/mol. The maximum atomic E-state index is 12.6. The third-order valence-corrected chi connectivity index (χ3v) is 6.23. The van der Waals surface area contributed by atoms with Gasteiger partial charge in [-0.15, -0.1) is 11.3 Å². The van der Waals surface area contributed by atoms with Gasteiger partial charge >= 0.3 is 5.97 Å². The van der Waals surface area contributed by atoms with Crippen molar-refractivity contribution >= 4 is 34.2 Å². The number of benzene rings is 1. The molecule has 0 bridgehead atoms. The van der Waals surface area contributed by atoms with E-state index < -0.39 is 18.5 Å². The van der Waals surface area contributed by atoms with E-state index in [0.717, 1.165) is 16.8 Å². The van der Waals surface area contributed by atoms with Gasteiger partial charge < -0.3 is 24.4 Å². The number of carbonyl (C=O) groups is 2. The summed E-state index contributed by atoms with van der Waals surface area (Å²) in [6.45, 7) is 4.07. The second-order valence-corrected chi connectivity index (χ2v) is 8.57. The van der Waals surface area contributed by atoms with Crippen molar-refractivity contribution in [2.24, 2.45) is 0 Å². The Labute approximate surface area is 206 Å². The number of furan rings is 1. The van der Waals surface area contributed by atoms with E-state index in [1.54, 1.807) is 22.3 Å². The normalized spacial score (nSPS) is 10.5. The summed E-state index contributed by atoms with van der Waals surface area (Å²) in [5.74, 6) is -0.260. The van der Waals surface area contributed by atoms with Gasteiger partial charge in [0.05, 0.1) is 18.4 Å². The number of hydrogen-bond donors (Lipinski definition) is 2. The maximum absolute atomic E-state index is 12.6. The summed E-state index contributed by atoms with van der Waals surface area (Å²) in [7, 11) is 0. The van der Waals surface area contributed by atoms with Gasteiger partial charge in [0.25, 0.3) is 5.91 Å². The number of ether oxygens (including phenoxy) is 1. The SMILES string of the molecule is Cc1c(C#N)c(NC(=O)COC(=O)c2csc(NCc3ccccc3)n2)n(Cc2ccco2)c1C. The average molecular weight is 490 g/mol. The highest BCUT2D eigenvalue weighted by Crippen LogP contribution is 2.27. The van der Waals surface area contributed by atoms with Crippen LogP contribution in [0.25, 0.3) is 0 Å². The molecule has 0 spiro atoms. The van der Waals surface area contributed by atoms with E-state index in [9.17, 15) is 14.9 Å². The number of aromatic nitrogens is 2. The molecule has 9 nitrogen and oxygen atoms in total. The number of nitrogens with one attached hydrogen (secondary N) is 2. The Morgan fingerprint density at radius 1 is 1.20 bits per heavy atom. The van der Waals surface area contributed by atoms with Crippen LogP contribution in [0, 0.1) is 25.2 Å². The van der Waals surface area contributed by atoms with Gasteiger partial charge in [0.2, 0.25) is 0 Å². The van der Waals surface area contributed by atoms with Crippen molar-refractivity contribution in [3.63, 3.8) is 0 Å². The quantitative estimate of drug-likeness (QED) is 0.332. The van der Waals surface area contributed by atoms with E-state index in [0.29, 0.717) is 35.4 Å². The Bertz CT molecular complexity index is 1370. The Hall–Kier alpha value is -4.36. The average Bonchev–Trinajstić information content (AvgIpc) is 3.60. The van der Waals surface area contributed by atoms with Gasteiger partial charge in [-0.25, -0.2) is 9.78 Å². The molecule has 4 aromatic rings. The minimum Gasteiger partial charge on any atom is -0.467 e. The van der Waals surface area contributed by atoms with Crippen LogP contribution < -0.4 is 10.6 Å². The Kier molecular flexibility index (Phi) is 7.28. The Morgan fingerprint density at radius 2 is 2.00 bits per heavy atom. The smallest absolute Gasteiger partial charge is 0.358 e. The fourth-order valence-electron chi connectivity index (χ4n) is 3.48. The van der Waals surface area contributed by atoms with Gasteiger partial charge in [-0.1, -0.05) is 30.3 Å². The summed E-state index contributed by atoms with van der Waals surface area (Å²) in [5.41, 5.74) is 3.13. The molecule has 10 heteroatoms. The highest BCUT2D eigenvalue weighted by Gasteiger charge is 2.21. The first kappa shape index (κ1) is 23.8. The van der Waals surface area contributed by atoms with Crippen LogP contribution in [0.3, 0.4) is 0 Å². The molecule has 0 unspecified atom stereocenters. The van der Waals surface area contributed by atoms with Gasteiger partial charge in [0, 0.05) is 17.6 Å². The van der Waals surface area contributed by atoms with Gasteiger partial charge in [-0.2, -0.15) is 5.26 Å². The predicted molar refractivity (Wildman–Crippen MR) is 131 cm³/mol. The van der Waals surface area contributed by atoms with Gasteiger partial charge in [-0.05, 0) is 37.1 Å². The van der Waals surface area contributed by atoms with E-state index in [4.69, 9.17) is 9.15 Å². The molecule has 0 saturated carbocycles. The number of esters is 1. The van der Waals surface area contributed by atoms with Crippen molar-refractivity contribution in [1.29, 1.82) is 5.26 Å². The van der Waals surface area contributed by atoms with E-state index in [1.165, 1.54) is 11.3 Å². The summed E-state index contributed by atoms with van der Waals surface area (Å²) in [6.07, 6.45) is 1.56. The molecule has 1 amide bonds. The summed E-state index contributed by atoms with van der Waals surface area (Å²) in [5, 5.41) is 17.6. The number of anilines is 2. The first-order chi connectivity index (χ1) is 17.0. The number of thiazole rings is 1. The second-order valence-electron chi connectivity index (χ2n) is 7.71. The molecular formula is C25H23N5O4S. The molecule has 3 aromatic heterocycles. The summed E-state index contributed by atoms with van der Waals surface area (Å²) >= 11 is 1.27. The molecule has 35 heavy (non-hydrogen) atoms. The van der Waals surface area contributed by atoms with Crippen molar-refractivity contribution in [1.82, 2.24) is 9.55 Å². The zero-order valence-corrected chi connectivity index (χ0v) is 20.0. The third kappa shape index (κ3) is 5.59. The van der Waals surface area contributed by atoms with Crippen molar-refractivity contribution in [2.75, 3.05) is 17.2 Å². The molecule has 4 rings (SSSR count). The maximum Gasteiger partial charge on any atom is 0.358 e. The molecule has 0 atom stereocenters. The predicted octanol–water partition coefficient (Wildman–Crippen LogP) is 4.48. The number of amides is 1. The fraction of sp³-hybridized carbons (Fsp3) is 0.200. The van der Waals surface area contributed by atoms with Crippen molar-refractivity contribution < 1.29 is 18.7 Å². The lowest BCUT2D eigenvalue weighted by Gasteiger charge is -2.12. The molecule has 0 fully saturated rings. The minimum atomic E-state index is -0.706. The van der Waals surface area contributed by atoms with E-state index in [1.807, 2.05) is 50.2 Å². The lowest BCUT2D eigenvalue weighted by atomic mass is 10.2. The second kappa shape index (κ2) is 10.7. The highest BCUT2D eigenvalue weighted by atomic mass is 32.1. The molecule has 0 aliphatic heterocycles. The van der Waals surface area contributed by atoms with Gasteiger partial charge in [-0.3, -0.25) is 4.79 Å². The molecule has 0 aliphatic rings. The molecule has 0 saturated heterocycles. The number of rotatable bonds is 9. The molecule has 178 valence electrons. The minimum absolute atomic E-state index is 0.115. The molecule has 0 aliphatic carbocycles. The molecule has 2 N–H and O–H groups in total. The van der Waals surface area contributed by atoms with Crippen molar-refractivity contribution in [2.45, 2.75) is 26.9 Å². The topological polar surface area (TPSA) is 122 Å². The van der Waals surface area contributed by atoms with Crippen LogP contribution in [0.5, 0.6) is 0 Å². The fourth-order valence-corrected chi connectivity index (χ4v) is 4.16. The van der Waals surface area contributed by atoms with Crippen LogP contribution in [-0.4, -0.2) is 28.0 Å². The first-order valence-corrected chi connectivity index (χ1v) is 11.7. The number of hydrogen-bond acceptors (Lipinski definition) is 8. The van der Waals surface area contributed by atoms with Crippen molar-refractivity contribution in [3.8, 4) is 6.07 Å². The van der Waals surface area contributed by atoms with E-state index in [2.05, 4.69) is 21.7 Å². The summed E-state index contributed by atoms with van der Waals surface area (Å²) < 4.78 is 12.3. The zero-order chi connectivity index (χ0) is 24.8. The van der Waals surface area contributed by atoms with Crippen LogP contribution in [-0.2, 0) is 22.6 Å². The molecule has 3 heterocycles. The number of nitrogens with zero attached hydrogens (tertiary/aromatic N) is 3. The van der Waals surface area contributed by atoms with Crippen LogP contribution >= 0.6 is 11.3 Å². The Morgan fingerprint density at radius 3 is 2.71 bits per heavy atom. The standard InChI is InChI=1S/C25H23N5O4S/c1-16-17(2)30(13-19-9-6-10-33-19)23(20(16)11-26)29-22(31)14-34-24(32)21-15-35-25(28-21)27-12-18-7-4-3-5-8-18/h3-10,15H,12-14H2,1-2H3,(H,27,28)(H,29,31). The van der Waals surface area contributed by atoms with E-state index in [-0.39, 0.29) is 5.69 Å². The number of carbonyl (C=O) groups excluding carboxylic acids is 2. The van der Waals surface area contributed by atoms with Crippen molar-refractivity contribution in [3.05, 3.63) is 87.9 Å². The zero-order valence-electron chi connectivity index (χ0n) is 19.2.